The molecule has 1 aromatic carbocycles. The largest absolute Gasteiger partial charge is 0.437 e. The van der Waals surface area contributed by atoms with Gasteiger partial charge in [0.2, 0.25) is 5.88 Å². The lowest BCUT2D eigenvalue weighted by atomic mass is 10.1. The molecule has 1 heterocycles. The number of benzene rings is 1. The van der Waals surface area contributed by atoms with Gasteiger partial charge in [-0.3, -0.25) is 0 Å². The molecule has 0 saturated heterocycles. The molecule has 2 aromatic rings. The van der Waals surface area contributed by atoms with Crippen LogP contribution in [0.1, 0.15) is 16.7 Å². The van der Waals surface area contributed by atoms with E-state index in [2.05, 4.69) is 4.98 Å². The minimum atomic E-state index is 0.176. The van der Waals surface area contributed by atoms with Crippen molar-refractivity contribution in [3.63, 3.8) is 0 Å². The van der Waals surface area contributed by atoms with E-state index in [-0.39, 0.29) is 11.4 Å². The number of rotatable bonds is 2. The lowest BCUT2D eigenvalue weighted by Gasteiger charge is -2.09. The number of hydrogen-bond acceptors (Lipinski definition) is 5. The van der Waals surface area contributed by atoms with Gasteiger partial charge in [0.25, 0.3) is 0 Å². The number of nitriles is 2. The molecular weight excluding hydrogens is 240 g/mol. The summed E-state index contributed by atoms with van der Waals surface area (Å²) in [5, 5.41) is 17.9. The van der Waals surface area contributed by atoms with E-state index in [9.17, 15) is 0 Å². The second-order valence-electron chi connectivity index (χ2n) is 3.93. The summed E-state index contributed by atoms with van der Waals surface area (Å²) in [5.41, 5.74) is 7.54. The highest BCUT2D eigenvalue weighted by Gasteiger charge is 2.09. The molecular formula is C14H10N4O. The molecule has 0 saturated carbocycles. The zero-order chi connectivity index (χ0) is 13.8. The zero-order valence-corrected chi connectivity index (χ0v) is 10.2. The Morgan fingerprint density at radius 1 is 1.21 bits per heavy atom. The van der Waals surface area contributed by atoms with E-state index in [4.69, 9.17) is 21.0 Å². The third kappa shape index (κ3) is 2.62. The number of nitrogens with two attached hydrogens (primary N) is 1. The van der Waals surface area contributed by atoms with Gasteiger partial charge >= 0.3 is 0 Å². The van der Waals surface area contributed by atoms with Crippen LogP contribution >= 0.6 is 0 Å². The van der Waals surface area contributed by atoms with Gasteiger partial charge in [-0.15, -0.1) is 0 Å². The minimum absolute atomic E-state index is 0.176. The molecule has 0 fully saturated rings. The number of anilines is 1. The highest BCUT2D eigenvalue weighted by molar-refractivity contribution is 5.51. The molecule has 0 spiro atoms. The van der Waals surface area contributed by atoms with Crippen LogP contribution in [0.2, 0.25) is 0 Å². The molecule has 5 nitrogen and oxygen atoms in total. The fraction of sp³-hybridized carbons (Fsp3) is 0.0714. The number of aryl methyl sites for hydroxylation is 1. The SMILES string of the molecule is Cc1ccc(C#N)cc1Oc1ncc(N)cc1C#N. The molecule has 5 heteroatoms. The summed E-state index contributed by atoms with van der Waals surface area (Å²) in [7, 11) is 0. The number of aromatic nitrogens is 1. The van der Waals surface area contributed by atoms with Gasteiger partial charge in [-0.05, 0) is 30.7 Å². The van der Waals surface area contributed by atoms with Crippen molar-refractivity contribution in [3.05, 3.63) is 47.2 Å². The third-order valence-corrected chi connectivity index (χ3v) is 2.52. The Morgan fingerprint density at radius 3 is 2.68 bits per heavy atom. The molecule has 92 valence electrons. The maximum Gasteiger partial charge on any atom is 0.237 e. The van der Waals surface area contributed by atoms with Gasteiger partial charge in [-0.2, -0.15) is 10.5 Å². The maximum absolute atomic E-state index is 9.01. The second kappa shape index (κ2) is 5.07. The molecule has 0 aliphatic carbocycles. The predicted octanol–water partition coefficient (Wildman–Crippen LogP) is 2.51. The van der Waals surface area contributed by atoms with Gasteiger partial charge in [0.15, 0.2) is 0 Å². The van der Waals surface area contributed by atoms with Gasteiger partial charge in [0, 0.05) is 0 Å². The quantitative estimate of drug-likeness (QED) is 0.883. The summed E-state index contributed by atoms with van der Waals surface area (Å²) in [6, 6.07) is 10.6. The molecule has 0 aliphatic rings. The van der Waals surface area contributed by atoms with Crippen molar-refractivity contribution >= 4 is 5.69 Å². The van der Waals surface area contributed by atoms with Crippen molar-refractivity contribution in [3.8, 4) is 23.8 Å². The van der Waals surface area contributed by atoms with Crippen molar-refractivity contribution in [1.82, 2.24) is 4.98 Å². The smallest absolute Gasteiger partial charge is 0.237 e. The standard InChI is InChI=1S/C14H10N4O/c1-9-2-3-10(6-15)4-13(9)19-14-11(7-16)5-12(17)8-18-14/h2-5,8H,17H2,1H3. The number of hydrogen-bond donors (Lipinski definition) is 1. The first kappa shape index (κ1) is 12.4. The van der Waals surface area contributed by atoms with Gasteiger partial charge < -0.3 is 10.5 Å². The number of nitrogen functional groups attached to an aromatic ring is 1. The molecule has 0 atom stereocenters. The summed E-state index contributed by atoms with van der Waals surface area (Å²) in [6.45, 7) is 1.85. The summed E-state index contributed by atoms with van der Waals surface area (Å²) in [4.78, 5) is 3.99. The number of nitrogens with zero attached hydrogens (tertiary/aromatic N) is 3. The summed E-state index contributed by atoms with van der Waals surface area (Å²) in [5.74, 6) is 0.669. The molecule has 0 unspecified atom stereocenters. The van der Waals surface area contributed by atoms with Crippen LogP contribution in [0.3, 0.4) is 0 Å². The van der Waals surface area contributed by atoms with E-state index in [1.54, 1.807) is 18.2 Å². The van der Waals surface area contributed by atoms with E-state index in [1.165, 1.54) is 12.3 Å². The van der Waals surface area contributed by atoms with Crippen molar-refractivity contribution in [1.29, 1.82) is 10.5 Å². The molecule has 2 rings (SSSR count). The van der Waals surface area contributed by atoms with E-state index in [0.29, 0.717) is 17.0 Å². The molecule has 1 aromatic heterocycles. The average Bonchev–Trinajstić information content (AvgIpc) is 2.43. The van der Waals surface area contributed by atoms with Crippen molar-refractivity contribution in [2.45, 2.75) is 6.92 Å². The topological polar surface area (TPSA) is 95.7 Å². The Kier molecular flexibility index (Phi) is 3.31. The van der Waals surface area contributed by atoms with Crippen LogP contribution in [0.15, 0.2) is 30.5 Å². The van der Waals surface area contributed by atoms with Crippen molar-refractivity contribution in [2.75, 3.05) is 5.73 Å². The Morgan fingerprint density at radius 2 is 2.00 bits per heavy atom. The third-order valence-electron chi connectivity index (χ3n) is 2.52. The predicted molar refractivity (Wildman–Crippen MR) is 69.3 cm³/mol. The van der Waals surface area contributed by atoms with Crippen LogP contribution in [0.25, 0.3) is 0 Å². The number of ether oxygens (including phenoxy) is 1. The monoisotopic (exact) mass is 250 g/mol. The summed E-state index contributed by atoms with van der Waals surface area (Å²) in [6.07, 6.45) is 1.42. The highest BCUT2D eigenvalue weighted by Crippen LogP contribution is 2.27. The fourth-order valence-electron chi connectivity index (χ4n) is 1.51. The van der Waals surface area contributed by atoms with Crippen LogP contribution in [-0.4, -0.2) is 4.98 Å². The first-order valence-electron chi connectivity index (χ1n) is 5.48. The van der Waals surface area contributed by atoms with E-state index >= 15 is 0 Å². The molecule has 0 radical (unpaired) electrons. The Hall–Kier alpha value is -3.05. The van der Waals surface area contributed by atoms with Crippen LogP contribution in [-0.2, 0) is 0 Å². The van der Waals surface area contributed by atoms with Gasteiger partial charge in [0.05, 0.1) is 23.5 Å². The Labute approximate surface area is 110 Å². The summed E-state index contributed by atoms with van der Waals surface area (Å²) < 4.78 is 5.59. The van der Waals surface area contributed by atoms with Crippen molar-refractivity contribution in [2.24, 2.45) is 0 Å². The highest BCUT2D eigenvalue weighted by atomic mass is 16.5. The molecule has 0 bridgehead atoms. The van der Waals surface area contributed by atoms with Crippen LogP contribution in [0, 0.1) is 29.6 Å². The van der Waals surface area contributed by atoms with E-state index < -0.39 is 0 Å². The first-order valence-corrected chi connectivity index (χ1v) is 5.48. The van der Waals surface area contributed by atoms with E-state index in [1.807, 2.05) is 19.1 Å². The zero-order valence-electron chi connectivity index (χ0n) is 10.2. The molecule has 0 amide bonds. The molecule has 19 heavy (non-hydrogen) atoms. The molecule has 2 N–H and O–H groups in total. The minimum Gasteiger partial charge on any atom is -0.437 e. The van der Waals surface area contributed by atoms with Crippen LogP contribution < -0.4 is 10.5 Å². The van der Waals surface area contributed by atoms with Gasteiger partial charge in [-0.25, -0.2) is 4.98 Å². The Bertz CT molecular complexity index is 710. The average molecular weight is 250 g/mol. The lowest BCUT2D eigenvalue weighted by molar-refractivity contribution is 0.458. The Balaban J connectivity index is 2.42. The normalized spacial score (nSPS) is 9.42. The van der Waals surface area contributed by atoms with Gasteiger partial charge in [0.1, 0.15) is 17.4 Å². The van der Waals surface area contributed by atoms with Crippen LogP contribution in [0.4, 0.5) is 5.69 Å². The summed E-state index contributed by atoms with van der Waals surface area (Å²) >= 11 is 0. The van der Waals surface area contributed by atoms with E-state index in [0.717, 1.165) is 5.56 Å². The second-order valence-corrected chi connectivity index (χ2v) is 3.93. The number of pyridine rings is 1. The lowest BCUT2D eigenvalue weighted by Crippen LogP contribution is -1.96. The fourth-order valence-corrected chi connectivity index (χ4v) is 1.51. The van der Waals surface area contributed by atoms with Crippen molar-refractivity contribution < 1.29 is 4.74 Å². The van der Waals surface area contributed by atoms with Crippen LogP contribution in [0.5, 0.6) is 11.6 Å². The maximum atomic E-state index is 9.01. The first-order chi connectivity index (χ1) is 9.13. The van der Waals surface area contributed by atoms with Gasteiger partial charge in [-0.1, -0.05) is 6.07 Å². The molecule has 0 aliphatic heterocycles.